The van der Waals surface area contributed by atoms with Crippen molar-refractivity contribution in [2.24, 2.45) is 11.1 Å². The molecule has 1 fully saturated rings. The van der Waals surface area contributed by atoms with Gasteiger partial charge in [-0.05, 0) is 39.3 Å². The van der Waals surface area contributed by atoms with Crippen LogP contribution in [0.2, 0.25) is 0 Å². The smallest absolute Gasteiger partial charge is 0.224 e. The van der Waals surface area contributed by atoms with Crippen LogP contribution < -0.4 is 5.73 Å². The zero-order chi connectivity index (χ0) is 10.6. The van der Waals surface area contributed by atoms with Gasteiger partial charge in [0.2, 0.25) is 5.91 Å². The quantitative estimate of drug-likeness (QED) is 0.806. The minimum Gasteiger partial charge on any atom is -0.369 e. The lowest BCUT2D eigenvalue weighted by atomic mass is 9.85. The van der Waals surface area contributed by atoms with Gasteiger partial charge < -0.3 is 10.6 Å². The Labute approximate surface area is 98.8 Å². The van der Waals surface area contributed by atoms with Gasteiger partial charge in [-0.1, -0.05) is 13.3 Å². The summed E-state index contributed by atoms with van der Waals surface area (Å²) in [7, 11) is 0. The van der Waals surface area contributed by atoms with E-state index in [-0.39, 0.29) is 23.7 Å². The highest BCUT2D eigenvalue weighted by Gasteiger charge is 2.31. The maximum atomic E-state index is 11.3. The molecule has 0 aromatic carbocycles. The monoisotopic (exact) mass is 234 g/mol. The summed E-state index contributed by atoms with van der Waals surface area (Å²) >= 11 is 0. The minimum atomic E-state index is -0.336. The fourth-order valence-electron chi connectivity index (χ4n) is 1.97. The SMILES string of the molecule is CCC(C)(CN1CCCCC1)C(N)=O.Cl. The van der Waals surface area contributed by atoms with E-state index < -0.39 is 0 Å². The highest BCUT2D eigenvalue weighted by molar-refractivity contribution is 5.85. The Morgan fingerprint density at radius 3 is 2.27 bits per heavy atom. The van der Waals surface area contributed by atoms with Crippen molar-refractivity contribution in [2.45, 2.75) is 39.5 Å². The van der Waals surface area contributed by atoms with E-state index in [1.54, 1.807) is 0 Å². The minimum absolute atomic E-state index is 0. The van der Waals surface area contributed by atoms with E-state index in [2.05, 4.69) is 4.90 Å². The predicted octanol–water partition coefficient (Wildman–Crippen LogP) is 1.80. The Kier molecular flexibility index (Phi) is 6.22. The number of primary amides is 1. The van der Waals surface area contributed by atoms with E-state index in [1.807, 2.05) is 13.8 Å². The Hall–Kier alpha value is -0.280. The summed E-state index contributed by atoms with van der Waals surface area (Å²) in [4.78, 5) is 13.7. The standard InChI is InChI=1S/C11H22N2O.ClH/c1-3-11(2,10(12)14)9-13-7-5-4-6-8-13;/h3-9H2,1-2H3,(H2,12,14);1H. The van der Waals surface area contributed by atoms with Gasteiger partial charge in [0.1, 0.15) is 0 Å². The van der Waals surface area contributed by atoms with Crippen molar-refractivity contribution in [1.82, 2.24) is 4.90 Å². The summed E-state index contributed by atoms with van der Waals surface area (Å²) in [5.74, 6) is -0.162. The first kappa shape index (κ1) is 14.7. The molecule has 0 aliphatic carbocycles. The van der Waals surface area contributed by atoms with Crippen LogP contribution in [0.15, 0.2) is 0 Å². The lowest BCUT2D eigenvalue weighted by Gasteiger charge is -2.34. The number of likely N-dealkylation sites (tertiary alicyclic amines) is 1. The van der Waals surface area contributed by atoms with Gasteiger partial charge in [0.05, 0.1) is 5.41 Å². The van der Waals surface area contributed by atoms with E-state index in [4.69, 9.17) is 5.73 Å². The van der Waals surface area contributed by atoms with Crippen LogP contribution in [0.1, 0.15) is 39.5 Å². The molecule has 1 heterocycles. The van der Waals surface area contributed by atoms with Gasteiger partial charge in [-0.3, -0.25) is 4.79 Å². The number of hydrogen-bond acceptors (Lipinski definition) is 2. The average Bonchev–Trinajstić information content (AvgIpc) is 2.19. The van der Waals surface area contributed by atoms with E-state index in [1.165, 1.54) is 19.3 Å². The van der Waals surface area contributed by atoms with Crippen LogP contribution in [0.3, 0.4) is 0 Å². The first-order valence-corrected chi connectivity index (χ1v) is 5.61. The molecular formula is C11H23ClN2O. The Bertz CT molecular complexity index is 205. The van der Waals surface area contributed by atoms with Gasteiger partial charge in [-0.2, -0.15) is 0 Å². The number of carbonyl (C=O) groups excluding carboxylic acids is 1. The van der Waals surface area contributed by atoms with Crippen LogP contribution in [-0.2, 0) is 4.79 Å². The molecular weight excluding hydrogens is 212 g/mol. The first-order chi connectivity index (χ1) is 6.58. The molecule has 1 rings (SSSR count). The molecule has 1 amide bonds. The molecule has 15 heavy (non-hydrogen) atoms. The Morgan fingerprint density at radius 2 is 1.87 bits per heavy atom. The summed E-state index contributed by atoms with van der Waals surface area (Å²) in [6.07, 6.45) is 4.69. The molecule has 1 aliphatic heterocycles. The molecule has 0 radical (unpaired) electrons. The number of rotatable bonds is 4. The molecule has 90 valence electrons. The number of carbonyl (C=O) groups is 1. The molecule has 1 atom stereocenters. The zero-order valence-corrected chi connectivity index (χ0v) is 10.6. The first-order valence-electron chi connectivity index (χ1n) is 5.61. The molecule has 0 spiro atoms. The summed E-state index contributed by atoms with van der Waals surface area (Å²) in [5, 5.41) is 0. The van der Waals surface area contributed by atoms with Crippen molar-refractivity contribution in [3.05, 3.63) is 0 Å². The van der Waals surface area contributed by atoms with Crippen molar-refractivity contribution < 1.29 is 4.79 Å². The number of amides is 1. The van der Waals surface area contributed by atoms with Crippen LogP contribution in [0.4, 0.5) is 0 Å². The third kappa shape index (κ3) is 3.99. The number of piperidine rings is 1. The lowest BCUT2D eigenvalue weighted by molar-refractivity contribution is -0.128. The van der Waals surface area contributed by atoms with Crippen LogP contribution in [-0.4, -0.2) is 30.4 Å². The van der Waals surface area contributed by atoms with Gasteiger partial charge in [-0.15, -0.1) is 12.4 Å². The molecule has 0 bridgehead atoms. The van der Waals surface area contributed by atoms with Crippen molar-refractivity contribution in [1.29, 1.82) is 0 Å². The molecule has 0 aromatic heterocycles. The molecule has 2 N–H and O–H groups in total. The molecule has 0 saturated carbocycles. The molecule has 1 unspecified atom stereocenters. The van der Waals surface area contributed by atoms with Gasteiger partial charge in [-0.25, -0.2) is 0 Å². The van der Waals surface area contributed by atoms with E-state index in [0.717, 1.165) is 26.1 Å². The van der Waals surface area contributed by atoms with Crippen LogP contribution in [0, 0.1) is 5.41 Å². The third-order valence-electron chi connectivity index (χ3n) is 3.40. The summed E-state index contributed by atoms with van der Waals surface area (Å²) in [6, 6.07) is 0. The van der Waals surface area contributed by atoms with Gasteiger partial charge in [0.25, 0.3) is 0 Å². The molecule has 1 aliphatic rings. The van der Waals surface area contributed by atoms with Crippen molar-refractivity contribution in [3.8, 4) is 0 Å². The average molecular weight is 235 g/mol. The number of nitrogens with two attached hydrogens (primary N) is 1. The number of hydrogen-bond donors (Lipinski definition) is 1. The molecule has 1 saturated heterocycles. The Morgan fingerprint density at radius 1 is 1.33 bits per heavy atom. The largest absolute Gasteiger partial charge is 0.369 e. The van der Waals surface area contributed by atoms with E-state index >= 15 is 0 Å². The maximum Gasteiger partial charge on any atom is 0.224 e. The zero-order valence-electron chi connectivity index (χ0n) is 9.79. The fourth-order valence-corrected chi connectivity index (χ4v) is 1.97. The predicted molar refractivity (Wildman–Crippen MR) is 65.1 cm³/mol. The topological polar surface area (TPSA) is 46.3 Å². The second-order valence-corrected chi connectivity index (χ2v) is 4.62. The third-order valence-corrected chi connectivity index (χ3v) is 3.40. The normalized spacial score (nSPS) is 21.5. The second kappa shape index (κ2) is 6.33. The Balaban J connectivity index is 0.00000196. The summed E-state index contributed by atoms with van der Waals surface area (Å²) in [5.41, 5.74) is 5.10. The van der Waals surface area contributed by atoms with E-state index in [0.29, 0.717) is 0 Å². The lowest BCUT2D eigenvalue weighted by Crippen LogP contribution is -2.45. The highest BCUT2D eigenvalue weighted by Crippen LogP contribution is 2.23. The van der Waals surface area contributed by atoms with Gasteiger partial charge >= 0.3 is 0 Å². The van der Waals surface area contributed by atoms with Gasteiger partial charge in [0, 0.05) is 6.54 Å². The molecule has 4 heteroatoms. The number of nitrogens with zero attached hydrogens (tertiary/aromatic N) is 1. The van der Waals surface area contributed by atoms with Crippen molar-refractivity contribution in [2.75, 3.05) is 19.6 Å². The summed E-state index contributed by atoms with van der Waals surface area (Å²) in [6.45, 7) is 7.10. The van der Waals surface area contributed by atoms with Crippen LogP contribution in [0.25, 0.3) is 0 Å². The van der Waals surface area contributed by atoms with Crippen LogP contribution in [0.5, 0.6) is 0 Å². The maximum absolute atomic E-state index is 11.3. The van der Waals surface area contributed by atoms with Crippen molar-refractivity contribution in [3.63, 3.8) is 0 Å². The van der Waals surface area contributed by atoms with E-state index in [9.17, 15) is 4.79 Å². The molecule has 3 nitrogen and oxygen atoms in total. The van der Waals surface area contributed by atoms with Gasteiger partial charge in [0.15, 0.2) is 0 Å². The second-order valence-electron chi connectivity index (χ2n) is 4.62. The highest BCUT2D eigenvalue weighted by atomic mass is 35.5. The van der Waals surface area contributed by atoms with Crippen molar-refractivity contribution >= 4 is 18.3 Å². The van der Waals surface area contributed by atoms with Crippen LogP contribution >= 0.6 is 12.4 Å². The fraction of sp³-hybridized carbons (Fsp3) is 0.909. The molecule has 0 aromatic rings. The summed E-state index contributed by atoms with van der Waals surface area (Å²) < 4.78 is 0. The number of halogens is 1.